The summed E-state index contributed by atoms with van der Waals surface area (Å²) in [5.74, 6) is -0.801. The molecule has 0 heterocycles. The third-order valence-corrected chi connectivity index (χ3v) is 2.43. The second-order valence-corrected chi connectivity index (χ2v) is 3.59. The molecule has 0 saturated heterocycles. The highest BCUT2D eigenvalue weighted by atomic mass is 35.5. The van der Waals surface area contributed by atoms with E-state index in [1.165, 1.54) is 0 Å². The smallest absolute Gasteiger partial charge is 0.309 e. The van der Waals surface area contributed by atoms with Gasteiger partial charge in [0.05, 0.1) is 10.9 Å². The van der Waals surface area contributed by atoms with E-state index in [1.54, 1.807) is 24.3 Å². The van der Waals surface area contributed by atoms with E-state index < -0.39 is 11.9 Å². The molecule has 0 bridgehead atoms. The number of carboxylic acid groups (broad SMARTS) is 1. The molecule has 1 atom stereocenters. The van der Waals surface area contributed by atoms with Crippen molar-refractivity contribution in [2.24, 2.45) is 5.92 Å². The van der Waals surface area contributed by atoms with Crippen LogP contribution in [0, 0.1) is 5.92 Å². The Balaban J connectivity index is 2.56. The van der Waals surface area contributed by atoms with Crippen LogP contribution >= 0.6 is 11.6 Å². The number of halogens is 1. The Kier molecular flexibility index (Phi) is 4.43. The number of ether oxygens (including phenoxy) is 1. The van der Waals surface area contributed by atoms with Crippen LogP contribution in [0.3, 0.4) is 0 Å². The first-order chi connectivity index (χ1) is 7.15. The van der Waals surface area contributed by atoms with E-state index in [2.05, 4.69) is 0 Å². The molecule has 0 aromatic heterocycles. The van der Waals surface area contributed by atoms with Crippen molar-refractivity contribution >= 4 is 17.6 Å². The van der Waals surface area contributed by atoms with E-state index in [0.29, 0.717) is 17.2 Å². The monoisotopic (exact) mass is 228 g/mol. The molecule has 0 spiro atoms. The standard InChI is InChI=1S/C11H13ClO3/c1-2-8(11(13)14)7-15-10-6-4-3-5-9(10)12/h3-6,8H,2,7H2,1H3,(H,13,14)/t8-/m0/s1. The molecule has 0 amide bonds. The Hall–Kier alpha value is -1.22. The van der Waals surface area contributed by atoms with Gasteiger partial charge in [-0.2, -0.15) is 0 Å². The first kappa shape index (κ1) is 11.9. The van der Waals surface area contributed by atoms with Crippen molar-refractivity contribution in [2.75, 3.05) is 6.61 Å². The van der Waals surface area contributed by atoms with E-state index in [9.17, 15) is 4.79 Å². The van der Waals surface area contributed by atoms with E-state index in [0.717, 1.165) is 0 Å². The minimum Gasteiger partial charge on any atom is -0.491 e. The lowest BCUT2D eigenvalue weighted by Crippen LogP contribution is -2.20. The fourth-order valence-electron chi connectivity index (χ4n) is 1.12. The average molecular weight is 229 g/mol. The first-order valence-electron chi connectivity index (χ1n) is 4.75. The molecule has 4 heteroatoms. The zero-order valence-electron chi connectivity index (χ0n) is 8.44. The zero-order valence-corrected chi connectivity index (χ0v) is 9.20. The van der Waals surface area contributed by atoms with E-state index >= 15 is 0 Å². The second kappa shape index (κ2) is 5.61. The van der Waals surface area contributed by atoms with Gasteiger partial charge in [0, 0.05) is 0 Å². The molecule has 3 nitrogen and oxygen atoms in total. The maximum atomic E-state index is 10.7. The maximum absolute atomic E-state index is 10.7. The van der Waals surface area contributed by atoms with Gasteiger partial charge in [-0.1, -0.05) is 30.7 Å². The van der Waals surface area contributed by atoms with Gasteiger partial charge in [0.2, 0.25) is 0 Å². The average Bonchev–Trinajstić information content (AvgIpc) is 2.21. The van der Waals surface area contributed by atoms with Crippen LogP contribution in [0.25, 0.3) is 0 Å². The number of hydrogen-bond acceptors (Lipinski definition) is 2. The summed E-state index contributed by atoms with van der Waals surface area (Å²) >= 11 is 5.86. The van der Waals surface area contributed by atoms with Crippen LogP contribution in [0.4, 0.5) is 0 Å². The summed E-state index contributed by atoms with van der Waals surface area (Å²) in [4.78, 5) is 10.7. The number of hydrogen-bond donors (Lipinski definition) is 1. The van der Waals surface area contributed by atoms with Crippen molar-refractivity contribution in [3.05, 3.63) is 29.3 Å². The molecule has 1 aromatic carbocycles. The maximum Gasteiger partial charge on any atom is 0.309 e. The van der Waals surface area contributed by atoms with Crippen molar-refractivity contribution in [3.63, 3.8) is 0 Å². The van der Waals surface area contributed by atoms with Crippen molar-refractivity contribution in [1.29, 1.82) is 0 Å². The minimum absolute atomic E-state index is 0.148. The molecule has 1 N–H and O–H groups in total. The number of rotatable bonds is 5. The second-order valence-electron chi connectivity index (χ2n) is 3.18. The van der Waals surface area contributed by atoms with Gasteiger partial charge in [0.25, 0.3) is 0 Å². The topological polar surface area (TPSA) is 46.5 Å². The Bertz CT molecular complexity index is 338. The first-order valence-corrected chi connectivity index (χ1v) is 5.13. The van der Waals surface area contributed by atoms with Crippen molar-refractivity contribution < 1.29 is 14.6 Å². The summed E-state index contributed by atoms with van der Waals surface area (Å²) < 4.78 is 5.34. The van der Waals surface area contributed by atoms with Gasteiger partial charge >= 0.3 is 5.97 Å². The number of carboxylic acids is 1. The molecule has 0 aliphatic heterocycles. The molecule has 82 valence electrons. The molecule has 1 rings (SSSR count). The molecule has 15 heavy (non-hydrogen) atoms. The minimum atomic E-state index is -0.843. The van der Waals surface area contributed by atoms with Crippen molar-refractivity contribution in [2.45, 2.75) is 13.3 Å². The van der Waals surface area contributed by atoms with Crippen LogP contribution in [-0.4, -0.2) is 17.7 Å². The van der Waals surface area contributed by atoms with Crippen LogP contribution in [0.5, 0.6) is 5.75 Å². The fourth-order valence-corrected chi connectivity index (χ4v) is 1.31. The number of para-hydroxylation sites is 1. The Morgan fingerprint density at radius 1 is 1.53 bits per heavy atom. The van der Waals surface area contributed by atoms with Crippen LogP contribution in [0.1, 0.15) is 13.3 Å². The van der Waals surface area contributed by atoms with Crippen molar-refractivity contribution in [3.8, 4) is 5.75 Å². The largest absolute Gasteiger partial charge is 0.491 e. The number of carbonyl (C=O) groups is 1. The molecule has 0 aliphatic rings. The van der Waals surface area contributed by atoms with Gasteiger partial charge in [0.1, 0.15) is 12.4 Å². The third-order valence-electron chi connectivity index (χ3n) is 2.12. The van der Waals surface area contributed by atoms with Gasteiger partial charge in [0.15, 0.2) is 0 Å². The van der Waals surface area contributed by atoms with Gasteiger partial charge in [-0.25, -0.2) is 0 Å². The SMILES string of the molecule is CC[C@@H](COc1ccccc1Cl)C(=O)O. The van der Waals surface area contributed by atoms with E-state index in [4.69, 9.17) is 21.4 Å². The summed E-state index contributed by atoms with van der Waals surface area (Å²) in [6.07, 6.45) is 0.541. The summed E-state index contributed by atoms with van der Waals surface area (Å²) in [6, 6.07) is 7.02. The molecule has 0 unspecified atom stereocenters. The quantitative estimate of drug-likeness (QED) is 0.843. The lowest BCUT2D eigenvalue weighted by Gasteiger charge is -2.12. The summed E-state index contributed by atoms with van der Waals surface area (Å²) in [5, 5.41) is 9.31. The molecule has 1 aromatic rings. The fraction of sp³-hybridized carbons (Fsp3) is 0.364. The highest BCUT2D eigenvalue weighted by molar-refractivity contribution is 6.32. The summed E-state index contributed by atoms with van der Waals surface area (Å²) in [7, 11) is 0. The van der Waals surface area contributed by atoms with Crippen LogP contribution in [0.2, 0.25) is 5.02 Å². The molecular weight excluding hydrogens is 216 g/mol. The third kappa shape index (κ3) is 3.44. The normalized spacial score (nSPS) is 12.1. The zero-order chi connectivity index (χ0) is 11.3. The molecular formula is C11H13ClO3. The van der Waals surface area contributed by atoms with Crippen LogP contribution < -0.4 is 4.74 Å². The van der Waals surface area contributed by atoms with Gasteiger partial charge in [-0.15, -0.1) is 0 Å². The van der Waals surface area contributed by atoms with E-state index in [1.807, 2.05) is 6.92 Å². The molecule has 0 fully saturated rings. The number of aliphatic carboxylic acids is 1. The lowest BCUT2D eigenvalue weighted by atomic mass is 10.1. The van der Waals surface area contributed by atoms with Crippen LogP contribution in [-0.2, 0) is 4.79 Å². The van der Waals surface area contributed by atoms with Gasteiger partial charge < -0.3 is 9.84 Å². The highest BCUT2D eigenvalue weighted by Crippen LogP contribution is 2.23. The summed E-state index contributed by atoms with van der Waals surface area (Å²) in [5.41, 5.74) is 0. The van der Waals surface area contributed by atoms with Crippen molar-refractivity contribution in [1.82, 2.24) is 0 Å². The Morgan fingerprint density at radius 3 is 2.73 bits per heavy atom. The van der Waals surface area contributed by atoms with E-state index in [-0.39, 0.29) is 6.61 Å². The highest BCUT2D eigenvalue weighted by Gasteiger charge is 2.16. The predicted molar refractivity (Wildman–Crippen MR) is 58.4 cm³/mol. The lowest BCUT2D eigenvalue weighted by molar-refractivity contribution is -0.142. The number of benzene rings is 1. The van der Waals surface area contributed by atoms with Gasteiger partial charge in [-0.05, 0) is 18.6 Å². The summed E-state index contributed by atoms with van der Waals surface area (Å²) in [6.45, 7) is 1.96. The molecule has 0 saturated carbocycles. The van der Waals surface area contributed by atoms with Gasteiger partial charge in [-0.3, -0.25) is 4.79 Å². The predicted octanol–water partition coefficient (Wildman–Crippen LogP) is 2.83. The Labute approximate surface area is 93.6 Å². The molecule has 0 aliphatic carbocycles. The Morgan fingerprint density at radius 2 is 2.20 bits per heavy atom. The molecule has 0 radical (unpaired) electrons. The van der Waals surface area contributed by atoms with Crippen LogP contribution in [0.15, 0.2) is 24.3 Å².